The van der Waals surface area contributed by atoms with Gasteiger partial charge in [0.2, 0.25) is 0 Å². The summed E-state index contributed by atoms with van der Waals surface area (Å²) in [5, 5.41) is 6.94. The lowest BCUT2D eigenvalue weighted by atomic mass is 10.2. The predicted molar refractivity (Wildman–Crippen MR) is 64.1 cm³/mol. The van der Waals surface area contributed by atoms with E-state index in [0.29, 0.717) is 17.9 Å². The van der Waals surface area contributed by atoms with Gasteiger partial charge in [-0.1, -0.05) is 5.16 Å². The Morgan fingerprint density at radius 1 is 1.35 bits per heavy atom. The van der Waals surface area contributed by atoms with E-state index < -0.39 is 0 Å². The van der Waals surface area contributed by atoms with Crippen LogP contribution in [0.4, 0.5) is 15.8 Å². The summed E-state index contributed by atoms with van der Waals surface area (Å²) in [4.78, 5) is 0. The molecule has 4 nitrogen and oxygen atoms in total. The first-order valence-electron chi connectivity index (χ1n) is 5.28. The predicted octanol–water partition coefficient (Wildman–Crippen LogP) is 2.62. The number of nitrogens with two attached hydrogens (primary N) is 1. The molecule has 0 amide bonds. The monoisotopic (exact) mass is 235 g/mol. The van der Waals surface area contributed by atoms with Crippen molar-refractivity contribution in [1.82, 2.24) is 5.16 Å². The molecular formula is C12H14FN3O. The first kappa shape index (κ1) is 11.4. The summed E-state index contributed by atoms with van der Waals surface area (Å²) in [5.41, 5.74) is 8.41. The van der Waals surface area contributed by atoms with Crippen LogP contribution in [0.2, 0.25) is 0 Å². The van der Waals surface area contributed by atoms with Crippen molar-refractivity contribution in [3.8, 4) is 0 Å². The highest BCUT2D eigenvalue weighted by Gasteiger charge is 2.08. The highest BCUT2D eigenvalue weighted by Crippen LogP contribution is 2.18. The highest BCUT2D eigenvalue weighted by atomic mass is 19.1. The zero-order valence-corrected chi connectivity index (χ0v) is 9.75. The second-order valence-electron chi connectivity index (χ2n) is 3.93. The van der Waals surface area contributed by atoms with Crippen LogP contribution in [0.1, 0.15) is 17.0 Å². The van der Waals surface area contributed by atoms with Gasteiger partial charge < -0.3 is 15.6 Å². The van der Waals surface area contributed by atoms with Crippen LogP contribution < -0.4 is 11.1 Å². The van der Waals surface area contributed by atoms with Crippen molar-refractivity contribution in [1.29, 1.82) is 0 Å². The van der Waals surface area contributed by atoms with Crippen molar-refractivity contribution in [3.05, 3.63) is 41.0 Å². The molecule has 5 heteroatoms. The maximum absolute atomic E-state index is 13.1. The molecule has 0 unspecified atom stereocenters. The lowest BCUT2D eigenvalue weighted by molar-refractivity contribution is 0.392. The fraction of sp³-hybridized carbons (Fsp3) is 0.250. The number of nitrogens with zero attached hydrogens (tertiary/aromatic N) is 1. The molecular weight excluding hydrogens is 221 g/mol. The fourth-order valence-electron chi connectivity index (χ4n) is 1.66. The van der Waals surface area contributed by atoms with E-state index in [1.54, 1.807) is 6.07 Å². The number of hydrogen-bond donors (Lipinski definition) is 2. The third-order valence-electron chi connectivity index (χ3n) is 2.57. The standard InChI is InChI=1S/C12H14FN3O/c1-7-12(8(2)17-16-7)6-15-11-4-9(13)3-10(14)5-11/h3-5,15H,6,14H2,1-2H3. The van der Waals surface area contributed by atoms with Gasteiger partial charge >= 0.3 is 0 Å². The fourth-order valence-corrected chi connectivity index (χ4v) is 1.66. The second-order valence-corrected chi connectivity index (χ2v) is 3.93. The summed E-state index contributed by atoms with van der Waals surface area (Å²) in [5.74, 6) is 0.408. The molecule has 1 aromatic carbocycles. The van der Waals surface area contributed by atoms with Gasteiger partial charge in [-0.3, -0.25) is 0 Å². The summed E-state index contributed by atoms with van der Waals surface area (Å²) in [6.45, 7) is 4.24. The third kappa shape index (κ3) is 2.55. The van der Waals surface area contributed by atoms with Crippen molar-refractivity contribution >= 4 is 11.4 Å². The summed E-state index contributed by atoms with van der Waals surface area (Å²) in [6, 6.07) is 4.36. The third-order valence-corrected chi connectivity index (χ3v) is 2.57. The molecule has 0 bridgehead atoms. The van der Waals surface area contributed by atoms with E-state index in [4.69, 9.17) is 10.3 Å². The molecule has 2 aromatic rings. The number of aromatic nitrogens is 1. The Labute approximate surface area is 98.6 Å². The Hall–Kier alpha value is -2.04. The van der Waals surface area contributed by atoms with Crippen molar-refractivity contribution in [2.75, 3.05) is 11.1 Å². The van der Waals surface area contributed by atoms with Gasteiger partial charge in [0.1, 0.15) is 11.6 Å². The zero-order valence-electron chi connectivity index (χ0n) is 9.75. The van der Waals surface area contributed by atoms with Crippen LogP contribution in [-0.2, 0) is 6.54 Å². The van der Waals surface area contributed by atoms with Crippen LogP contribution >= 0.6 is 0 Å². The van der Waals surface area contributed by atoms with E-state index in [0.717, 1.165) is 17.0 Å². The minimum Gasteiger partial charge on any atom is -0.399 e. The average molecular weight is 235 g/mol. The lowest BCUT2D eigenvalue weighted by Crippen LogP contribution is -2.02. The van der Waals surface area contributed by atoms with Crippen LogP contribution in [0.5, 0.6) is 0 Å². The Bertz CT molecular complexity index is 497. The highest BCUT2D eigenvalue weighted by molar-refractivity contribution is 5.54. The van der Waals surface area contributed by atoms with E-state index in [1.807, 2.05) is 13.8 Å². The molecule has 0 fully saturated rings. The van der Waals surface area contributed by atoms with E-state index in [9.17, 15) is 4.39 Å². The number of nitrogen functional groups attached to an aromatic ring is 1. The summed E-state index contributed by atoms with van der Waals surface area (Å²) in [6.07, 6.45) is 0. The van der Waals surface area contributed by atoms with Gasteiger partial charge in [0.15, 0.2) is 0 Å². The second kappa shape index (κ2) is 4.45. The van der Waals surface area contributed by atoms with Crippen molar-refractivity contribution in [3.63, 3.8) is 0 Å². The van der Waals surface area contributed by atoms with Crippen molar-refractivity contribution in [2.24, 2.45) is 0 Å². The average Bonchev–Trinajstić information content (AvgIpc) is 2.55. The Kier molecular flexibility index (Phi) is 2.99. The van der Waals surface area contributed by atoms with Gasteiger partial charge in [-0.15, -0.1) is 0 Å². The maximum atomic E-state index is 13.1. The number of hydrogen-bond acceptors (Lipinski definition) is 4. The molecule has 0 aliphatic heterocycles. The Morgan fingerprint density at radius 3 is 2.71 bits per heavy atom. The number of rotatable bonds is 3. The number of benzene rings is 1. The molecule has 17 heavy (non-hydrogen) atoms. The van der Waals surface area contributed by atoms with Crippen LogP contribution in [0.25, 0.3) is 0 Å². The van der Waals surface area contributed by atoms with E-state index in [1.165, 1.54) is 12.1 Å². The molecule has 0 spiro atoms. The quantitative estimate of drug-likeness (QED) is 0.803. The topological polar surface area (TPSA) is 64.1 Å². The summed E-state index contributed by atoms with van der Waals surface area (Å²) in [7, 11) is 0. The van der Waals surface area contributed by atoms with Gasteiger partial charge in [0.05, 0.1) is 5.69 Å². The molecule has 0 radical (unpaired) electrons. The molecule has 0 aliphatic rings. The number of nitrogens with one attached hydrogen (secondary N) is 1. The molecule has 2 rings (SSSR count). The zero-order chi connectivity index (χ0) is 12.4. The smallest absolute Gasteiger partial charge is 0.138 e. The minimum atomic E-state index is -0.355. The Morgan fingerprint density at radius 2 is 2.12 bits per heavy atom. The summed E-state index contributed by atoms with van der Waals surface area (Å²) >= 11 is 0. The first-order valence-corrected chi connectivity index (χ1v) is 5.28. The molecule has 3 N–H and O–H groups in total. The maximum Gasteiger partial charge on any atom is 0.138 e. The number of aryl methyl sites for hydroxylation is 2. The number of anilines is 2. The molecule has 1 heterocycles. The molecule has 0 saturated carbocycles. The largest absolute Gasteiger partial charge is 0.399 e. The molecule has 0 atom stereocenters. The SMILES string of the molecule is Cc1noc(C)c1CNc1cc(N)cc(F)c1. The normalized spacial score (nSPS) is 10.5. The van der Waals surface area contributed by atoms with Gasteiger partial charge in [0, 0.05) is 23.5 Å². The summed E-state index contributed by atoms with van der Waals surface area (Å²) < 4.78 is 18.1. The minimum absolute atomic E-state index is 0.355. The Balaban J connectivity index is 2.12. The lowest BCUT2D eigenvalue weighted by Gasteiger charge is -2.07. The first-order chi connectivity index (χ1) is 8.06. The molecule has 1 aromatic heterocycles. The van der Waals surface area contributed by atoms with Crippen molar-refractivity contribution in [2.45, 2.75) is 20.4 Å². The van der Waals surface area contributed by atoms with E-state index >= 15 is 0 Å². The molecule has 90 valence electrons. The molecule has 0 saturated heterocycles. The van der Waals surface area contributed by atoms with Gasteiger partial charge in [-0.05, 0) is 32.0 Å². The van der Waals surface area contributed by atoms with Gasteiger partial charge in [0.25, 0.3) is 0 Å². The van der Waals surface area contributed by atoms with Gasteiger partial charge in [-0.2, -0.15) is 0 Å². The molecule has 0 aliphatic carbocycles. The van der Waals surface area contributed by atoms with Gasteiger partial charge in [-0.25, -0.2) is 4.39 Å². The van der Waals surface area contributed by atoms with Crippen molar-refractivity contribution < 1.29 is 8.91 Å². The van der Waals surface area contributed by atoms with E-state index in [-0.39, 0.29) is 5.82 Å². The van der Waals surface area contributed by atoms with Crippen LogP contribution in [-0.4, -0.2) is 5.16 Å². The van der Waals surface area contributed by atoms with Crippen LogP contribution in [0, 0.1) is 19.7 Å². The number of halogens is 1. The van der Waals surface area contributed by atoms with Crippen LogP contribution in [0.15, 0.2) is 22.7 Å². The van der Waals surface area contributed by atoms with Crippen LogP contribution in [0.3, 0.4) is 0 Å². The van der Waals surface area contributed by atoms with E-state index in [2.05, 4.69) is 10.5 Å².